The third kappa shape index (κ3) is 4.63. The average Bonchev–Trinajstić information content (AvgIpc) is 2.51. The summed E-state index contributed by atoms with van der Waals surface area (Å²) in [4.78, 5) is 0. The van der Waals surface area contributed by atoms with Crippen molar-refractivity contribution in [3.63, 3.8) is 0 Å². The second-order valence-corrected chi connectivity index (χ2v) is 6.06. The van der Waals surface area contributed by atoms with Crippen LogP contribution in [0.25, 0.3) is 0 Å². The Hall–Kier alpha value is -1.23. The first-order valence-corrected chi connectivity index (χ1v) is 8.28. The lowest BCUT2D eigenvalue weighted by atomic mass is 10.2. The van der Waals surface area contributed by atoms with E-state index in [-0.39, 0.29) is 0 Å². The van der Waals surface area contributed by atoms with Gasteiger partial charge in [-0.1, -0.05) is 39.7 Å². The summed E-state index contributed by atoms with van der Waals surface area (Å²) in [6.45, 7) is 3.79. The molecule has 118 valence electrons. The van der Waals surface area contributed by atoms with Crippen LogP contribution in [0.4, 0.5) is 0 Å². The van der Waals surface area contributed by atoms with Crippen LogP contribution in [0.3, 0.4) is 0 Å². The van der Waals surface area contributed by atoms with Crippen molar-refractivity contribution in [2.75, 3.05) is 13.7 Å². The molecule has 0 aliphatic heterocycles. The minimum atomic E-state index is 0.467. The minimum Gasteiger partial charge on any atom is -0.490 e. The first kappa shape index (κ1) is 17.1. The fourth-order valence-electron chi connectivity index (χ4n) is 2.03. The van der Waals surface area contributed by atoms with E-state index in [0.29, 0.717) is 13.2 Å². The van der Waals surface area contributed by atoms with Gasteiger partial charge in [0.2, 0.25) is 0 Å². The summed E-state index contributed by atoms with van der Waals surface area (Å²) in [7, 11) is 1.91. The van der Waals surface area contributed by atoms with E-state index < -0.39 is 0 Å². The number of rotatable bonds is 7. The van der Waals surface area contributed by atoms with Gasteiger partial charge < -0.3 is 14.8 Å². The van der Waals surface area contributed by atoms with Crippen molar-refractivity contribution in [2.24, 2.45) is 0 Å². The van der Waals surface area contributed by atoms with E-state index in [9.17, 15) is 0 Å². The molecule has 0 aliphatic carbocycles. The molecule has 0 saturated carbocycles. The maximum Gasteiger partial charge on any atom is 0.162 e. The number of hydrogen-bond donors (Lipinski definition) is 1. The second kappa shape index (κ2) is 8.42. The lowest BCUT2D eigenvalue weighted by molar-refractivity contribution is 0.269. The Morgan fingerprint density at radius 2 is 1.77 bits per heavy atom. The first-order chi connectivity index (χ1) is 10.6. The first-order valence-electron chi connectivity index (χ1n) is 7.11. The van der Waals surface area contributed by atoms with Crippen LogP contribution in [0.5, 0.6) is 11.5 Å². The van der Waals surface area contributed by atoms with Gasteiger partial charge in [0.25, 0.3) is 0 Å². The number of ether oxygens (including phenoxy) is 2. The highest BCUT2D eigenvalue weighted by Crippen LogP contribution is 2.34. The average molecular weight is 385 g/mol. The largest absolute Gasteiger partial charge is 0.490 e. The molecule has 0 atom stereocenters. The molecule has 1 N–H and O–H groups in total. The maximum atomic E-state index is 5.91. The monoisotopic (exact) mass is 383 g/mol. The summed E-state index contributed by atoms with van der Waals surface area (Å²) in [5.41, 5.74) is 2.19. The molecule has 2 aromatic rings. The Bertz CT molecular complexity index is 617. The van der Waals surface area contributed by atoms with E-state index in [1.807, 2.05) is 50.4 Å². The van der Waals surface area contributed by atoms with E-state index in [1.54, 1.807) is 0 Å². The highest BCUT2D eigenvalue weighted by Gasteiger charge is 2.11. The van der Waals surface area contributed by atoms with Crippen LogP contribution in [-0.2, 0) is 13.2 Å². The quantitative estimate of drug-likeness (QED) is 0.744. The number of benzene rings is 2. The van der Waals surface area contributed by atoms with Gasteiger partial charge >= 0.3 is 0 Å². The molecule has 0 aromatic heterocycles. The Labute approximate surface area is 144 Å². The van der Waals surface area contributed by atoms with Crippen LogP contribution >= 0.6 is 27.5 Å². The summed E-state index contributed by atoms with van der Waals surface area (Å²) in [6, 6.07) is 11.6. The molecule has 2 aromatic carbocycles. The van der Waals surface area contributed by atoms with Crippen LogP contribution < -0.4 is 14.8 Å². The third-order valence-electron chi connectivity index (χ3n) is 3.09. The van der Waals surface area contributed by atoms with Gasteiger partial charge in [-0.05, 0) is 49.4 Å². The van der Waals surface area contributed by atoms with E-state index >= 15 is 0 Å². The molecule has 22 heavy (non-hydrogen) atoms. The van der Waals surface area contributed by atoms with Gasteiger partial charge in [-0.3, -0.25) is 0 Å². The zero-order valence-corrected chi connectivity index (χ0v) is 15.0. The van der Waals surface area contributed by atoms with Gasteiger partial charge in [0.1, 0.15) is 6.61 Å². The van der Waals surface area contributed by atoms with E-state index in [1.165, 1.54) is 0 Å². The lowest BCUT2D eigenvalue weighted by Crippen LogP contribution is -2.07. The van der Waals surface area contributed by atoms with Crippen molar-refractivity contribution in [2.45, 2.75) is 20.1 Å². The van der Waals surface area contributed by atoms with Crippen molar-refractivity contribution in [3.05, 3.63) is 57.0 Å². The van der Waals surface area contributed by atoms with Gasteiger partial charge in [0, 0.05) is 16.0 Å². The SMILES string of the molecule is CCOc1cc(CNC)c(Br)cc1OCc1ccc(Cl)cc1. The molecule has 0 saturated heterocycles. The van der Waals surface area contributed by atoms with Crippen LogP contribution in [0.15, 0.2) is 40.9 Å². The van der Waals surface area contributed by atoms with Crippen molar-refractivity contribution >= 4 is 27.5 Å². The molecular weight excluding hydrogens is 366 g/mol. The topological polar surface area (TPSA) is 30.5 Å². The van der Waals surface area contributed by atoms with E-state index in [0.717, 1.165) is 38.7 Å². The molecule has 0 heterocycles. The Morgan fingerprint density at radius 1 is 1.09 bits per heavy atom. The summed E-state index contributed by atoms with van der Waals surface area (Å²) in [6.07, 6.45) is 0. The van der Waals surface area contributed by atoms with Gasteiger partial charge in [0.15, 0.2) is 11.5 Å². The smallest absolute Gasteiger partial charge is 0.162 e. The highest BCUT2D eigenvalue weighted by atomic mass is 79.9. The van der Waals surface area contributed by atoms with Crippen molar-refractivity contribution in [1.82, 2.24) is 5.32 Å². The Balaban J connectivity index is 2.17. The highest BCUT2D eigenvalue weighted by molar-refractivity contribution is 9.10. The summed E-state index contributed by atoms with van der Waals surface area (Å²) < 4.78 is 12.6. The zero-order chi connectivity index (χ0) is 15.9. The van der Waals surface area contributed by atoms with Gasteiger partial charge in [0.05, 0.1) is 6.61 Å². The predicted octanol–water partition coefficient (Wildman–Crippen LogP) is 4.80. The molecule has 0 fully saturated rings. The molecule has 0 radical (unpaired) electrons. The van der Waals surface area contributed by atoms with E-state index in [2.05, 4.69) is 21.2 Å². The molecule has 0 spiro atoms. The fraction of sp³-hybridized carbons (Fsp3) is 0.294. The second-order valence-electron chi connectivity index (χ2n) is 4.77. The van der Waals surface area contributed by atoms with Crippen LogP contribution in [0, 0.1) is 0 Å². The molecule has 0 amide bonds. The van der Waals surface area contributed by atoms with Crippen molar-refractivity contribution < 1.29 is 9.47 Å². The maximum absolute atomic E-state index is 5.91. The summed E-state index contributed by atoms with van der Waals surface area (Å²) in [5, 5.41) is 3.86. The van der Waals surface area contributed by atoms with Crippen molar-refractivity contribution in [3.8, 4) is 11.5 Å². The zero-order valence-electron chi connectivity index (χ0n) is 12.7. The van der Waals surface area contributed by atoms with Crippen LogP contribution in [0.1, 0.15) is 18.1 Å². The van der Waals surface area contributed by atoms with Gasteiger partial charge in [-0.25, -0.2) is 0 Å². The Morgan fingerprint density at radius 3 is 2.41 bits per heavy atom. The number of halogens is 2. The third-order valence-corrected chi connectivity index (χ3v) is 4.08. The fourth-order valence-corrected chi connectivity index (χ4v) is 2.61. The number of nitrogens with one attached hydrogen (secondary N) is 1. The standard InChI is InChI=1S/C17H19BrClNO2/c1-3-21-16-8-13(10-20-2)15(18)9-17(16)22-11-12-4-6-14(19)7-5-12/h4-9,20H,3,10-11H2,1-2H3. The molecule has 0 aliphatic rings. The predicted molar refractivity (Wildman–Crippen MR) is 93.9 cm³/mol. The molecule has 5 heteroatoms. The molecule has 3 nitrogen and oxygen atoms in total. The lowest BCUT2D eigenvalue weighted by Gasteiger charge is -2.15. The molecule has 0 bridgehead atoms. The summed E-state index contributed by atoms with van der Waals surface area (Å²) in [5.74, 6) is 1.48. The normalized spacial score (nSPS) is 10.5. The molecule has 0 unspecified atom stereocenters. The van der Waals surface area contributed by atoms with Gasteiger partial charge in [-0.15, -0.1) is 0 Å². The molecule has 2 rings (SSSR count). The minimum absolute atomic E-state index is 0.467. The van der Waals surface area contributed by atoms with Crippen LogP contribution in [0.2, 0.25) is 5.02 Å². The van der Waals surface area contributed by atoms with E-state index in [4.69, 9.17) is 21.1 Å². The summed E-state index contributed by atoms with van der Waals surface area (Å²) >= 11 is 9.47. The van der Waals surface area contributed by atoms with Gasteiger partial charge in [-0.2, -0.15) is 0 Å². The molecular formula is C17H19BrClNO2. The Kier molecular flexibility index (Phi) is 6.55. The number of hydrogen-bond acceptors (Lipinski definition) is 3. The van der Waals surface area contributed by atoms with Crippen LogP contribution in [-0.4, -0.2) is 13.7 Å². The van der Waals surface area contributed by atoms with Crippen molar-refractivity contribution in [1.29, 1.82) is 0 Å².